The van der Waals surface area contributed by atoms with Crippen LogP contribution in [0.3, 0.4) is 0 Å². The third-order valence-electron chi connectivity index (χ3n) is 5.92. The van der Waals surface area contributed by atoms with Gasteiger partial charge in [-0.15, -0.1) is 11.8 Å². The lowest BCUT2D eigenvalue weighted by molar-refractivity contribution is 0.0955. The summed E-state index contributed by atoms with van der Waals surface area (Å²) in [6.07, 6.45) is 3.69. The molecular weight excluding hydrogens is 444 g/mol. The third-order valence-corrected chi connectivity index (χ3v) is 6.66. The first-order valence-electron chi connectivity index (χ1n) is 11.3. The number of hydrogen-bond acceptors (Lipinski definition) is 6. The fraction of sp³-hybridized carbons (Fsp3) is 0.259. The normalized spacial score (nSPS) is 14.4. The molecule has 1 aliphatic heterocycles. The van der Waals surface area contributed by atoms with Crippen molar-refractivity contribution in [1.82, 2.24) is 10.3 Å². The molecule has 0 bridgehead atoms. The maximum absolute atomic E-state index is 12.4. The number of benzene rings is 3. The van der Waals surface area contributed by atoms with Gasteiger partial charge in [-0.1, -0.05) is 36.4 Å². The Morgan fingerprint density at radius 1 is 1.00 bits per heavy atom. The molecule has 4 rings (SSSR count). The summed E-state index contributed by atoms with van der Waals surface area (Å²) in [5.74, 6) is 0.705. The molecule has 3 aromatic carbocycles. The zero-order chi connectivity index (χ0) is 23.8. The number of rotatable bonds is 8. The number of ether oxygens (including phenoxy) is 1. The molecule has 0 spiro atoms. The molecule has 1 N–H and O–H groups in total. The van der Waals surface area contributed by atoms with Crippen molar-refractivity contribution in [2.45, 2.75) is 11.4 Å². The highest BCUT2D eigenvalue weighted by Crippen LogP contribution is 2.28. The summed E-state index contributed by atoms with van der Waals surface area (Å²) < 4.78 is 5.51. The Morgan fingerprint density at radius 2 is 1.71 bits per heavy atom. The highest BCUT2D eigenvalue weighted by molar-refractivity contribution is 7.98. The van der Waals surface area contributed by atoms with E-state index < -0.39 is 0 Å². The molecule has 3 aromatic rings. The monoisotopic (exact) mass is 474 g/mol. The van der Waals surface area contributed by atoms with E-state index in [1.54, 1.807) is 25.1 Å². The highest BCUT2D eigenvalue weighted by atomic mass is 32.2. The Bertz CT molecular complexity index is 1110. The number of amides is 1. The van der Waals surface area contributed by atoms with Crippen LogP contribution in [0, 0.1) is 0 Å². The number of piperazine rings is 1. The number of para-hydroxylation sites is 2. The lowest BCUT2D eigenvalue weighted by Crippen LogP contribution is -2.46. The van der Waals surface area contributed by atoms with Crippen LogP contribution < -0.4 is 15.1 Å². The van der Waals surface area contributed by atoms with Crippen molar-refractivity contribution in [3.63, 3.8) is 0 Å². The maximum Gasteiger partial charge on any atom is 0.271 e. The number of carbonyl (C=O) groups excluding carboxylic acids is 1. The minimum absolute atomic E-state index is 0.214. The topological polar surface area (TPSA) is 57.2 Å². The summed E-state index contributed by atoms with van der Waals surface area (Å²) in [7, 11) is 1.72. The maximum atomic E-state index is 12.4. The van der Waals surface area contributed by atoms with Crippen molar-refractivity contribution in [3.8, 4) is 5.75 Å². The average Bonchev–Trinajstić information content (AvgIpc) is 2.90. The third kappa shape index (κ3) is 6.18. The van der Waals surface area contributed by atoms with Crippen molar-refractivity contribution in [1.29, 1.82) is 0 Å². The standard InChI is InChI=1S/C27H30N4O2S/c1-33-26-6-4-3-5-25(26)31-17-15-30(16-18-31)20-22-7-11-23(12-8-22)27(32)29-28-19-21-9-13-24(34-2)14-10-21/h3-14,19H,15-18,20H2,1-2H3,(H,29,32)/b28-19-. The number of methoxy groups -OCH3 is 1. The van der Waals surface area contributed by atoms with Crippen LogP contribution in [-0.2, 0) is 6.54 Å². The van der Waals surface area contributed by atoms with E-state index >= 15 is 0 Å². The first-order valence-corrected chi connectivity index (χ1v) is 12.6. The lowest BCUT2D eigenvalue weighted by Gasteiger charge is -2.36. The summed E-state index contributed by atoms with van der Waals surface area (Å²) in [6, 6.07) is 24.0. The van der Waals surface area contributed by atoms with Crippen LogP contribution in [0.15, 0.2) is 82.8 Å². The number of nitrogens with one attached hydrogen (secondary N) is 1. The Balaban J connectivity index is 1.26. The van der Waals surface area contributed by atoms with Gasteiger partial charge in [-0.2, -0.15) is 5.10 Å². The number of carbonyl (C=O) groups is 1. The number of thioether (sulfide) groups is 1. The molecule has 1 fully saturated rings. The van der Waals surface area contributed by atoms with Crippen molar-refractivity contribution in [2.24, 2.45) is 5.10 Å². The van der Waals surface area contributed by atoms with Gasteiger partial charge in [0, 0.05) is 43.2 Å². The van der Waals surface area contributed by atoms with E-state index in [2.05, 4.69) is 32.5 Å². The van der Waals surface area contributed by atoms with Gasteiger partial charge < -0.3 is 9.64 Å². The number of hydrazone groups is 1. The van der Waals surface area contributed by atoms with E-state index in [1.165, 1.54) is 10.5 Å². The van der Waals surface area contributed by atoms with E-state index in [4.69, 9.17) is 4.74 Å². The minimum Gasteiger partial charge on any atom is -0.495 e. The van der Waals surface area contributed by atoms with Gasteiger partial charge in [0.1, 0.15) is 5.75 Å². The van der Waals surface area contributed by atoms with Crippen molar-refractivity contribution in [3.05, 3.63) is 89.5 Å². The molecule has 1 saturated heterocycles. The average molecular weight is 475 g/mol. The van der Waals surface area contributed by atoms with Gasteiger partial charge in [0.05, 0.1) is 19.0 Å². The zero-order valence-corrected chi connectivity index (χ0v) is 20.4. The fourth-order valence-electron chi connectivity index (χ4n) is 3.98. The van der Waals surface area contributed by atoms with Crippen LogP contribution in [0.2, 0.25) is 0 Å². The van der Waals surface area contributed by atoms with Gasteiger partial charge in [0.2, 0.25) is 0 Å². The largest absolute Gasteiger partial charge is 0.495 e. The summed E-state index contributed by atoms with van der Waals surface area (Å²) in [4.78, 5) is 18.4. The van der Waals surface area contributed by atoms with Crippen LogP contribution in [0.5, 0.6) is 5.75 Å². The van der Waals surface area contributed by atoms with E-state index in [1.807, 2.05) is 66.9 Å². The Morgan fingerprint density at radius 3 is 2.38 bits per heavy atom. The SMILES string of the molecule is COc1ccccc1N1CCN(Cc2ccc(C(=O)N/N=C\c3ccc(SC)cc3)cc2)CC1. The molecule has 0 radical (unpaired) electrons. The second kappa shape index (κ2) is 11.7. The Hall–Kier alpha value is -3.29. The van der Waals surface area contributed by atoms with Gasteiger partial charge >= 0.3 is 0 Å². The number of hydrogen-bond donors (Lipinski definition) is 1. The van der Waals surface area contributed by atoms with Crippen LogP contribution in [0.1, 0.15) is 21.5 Å². The van der Waals surface area contributed by atoms with Crippen LogP contribution in [0.4, 0.5) is 5.69 Å². The second-order valence-electron chi connectivity index (χ2n) is 8.10. The van der Waals surface area contributed by atoms with Crippen molar-refractivity contribution in [2.75, 3.05) is 44.4 Å². The predicted octanol–water partition coefficient (Wildman–Crippen LogP) is 4.50. The van der Waals surface area contributed by atoms with Gasteiger partial charge in [0.15, 0.2) is 0 Å². The van der Waals surface area contributed by atoms with Crippen LogP contribution >= 0.6 is 11.8 Å². The molecule has 1 amide bonds. The minimum atomic E-state index is -0.214. The molecule has 0 atom stereocenters. The Kier molecular flexibility index (Phi) is 8.22. The smallest absolute Gasteiger partial charge is 0.271 e. The molecule has 7 heteroatoms. The van der Waals surface area contributed by atoms with E-state index in [-0.39, 0.29) is 5.91 Å². The van der Waals surface area contributed by atoms with Gasteiger partial charge in [0.25, 0.3) is 5.91 Å². The van der Waals surface area contributed by atoms with Crippen molar-refractivity contribution >= 4 is 29.6 Å². The zero-order valence-electron chi connectivity index (χ0n) is 19.6. The van der Waals surface area contributed by atoms with Gasteiger partial charge in [-0.05, 0) is 53.8 Å². The predicted molar refractivity (Wildman–Crippen MR) is 140 cm³/mol. The van der Waals surface area contributed by atoms with Gasteiger partial charge in [-0.25, -0.2) is 5.43 Å². The molecule has 0 aliphatic carbocycles. The van der Waals surface area contributed by atoms with Crippen molar-refractivity contribution < 1.29 is 9.53 Å². The summed E-state index contributed by atoms with van der Waals surface area (Å²) in [5.41, 5.74) is 6.49. The summed E-state index contributed by atoms with van der Waals surface area (Å²) in [5, 5.41) is 4.08. The van der Waals surface area contributed by atoms with Crippen LogP contribution in [0.25, 0.3) is 0 Å². The number of nitrogens with zero attached hydrogens (tertiary/aromatic N) is 3. The summed E-state index contributed by atoms with van der Waals surface area (Å²) >= 11 is 1.69. The lowest BCUT2D eigenvalue weighted by atomic mass is 10.1. The Labute approximate surface area is 205 Å². The number of anilines is 1. The van der Waals surface area contributed by atoms with E-state index in [0.717, 1.165) is 49.7 Å². The molecule has 34 heavy (non-hydrogen) atoms. The van der Waals surface area contributed by atoms with E-state index in [9.17, 15) is 4.79 Å². The molecule has 176 valence electrons. The molecular formula is C27H30N4O2S. The molecule has 6 nitrogen and oxygen atoms in total. The quantitative estimate of drug-likeness (QED) is 0.296. The molecule has 1 aliphatic rings. The van der Waals surface area contributed by atoms with Crippen LogP contribution in [-0.4, -0.2) is 56.6 Å². The second-order valence-corrected chi connectivity index (χ2v) is 8.98. The first kappa shape index (κ1) is 23.9. The molecule has 1 heterocycles. The molecule has 0 unspecified atom stereocenters. The highest BCUT2D eigenvalue weighted by Gasteiger charge is 2.19. The molecule has 0 aromatic heterocycles. The first-order chi connectivity index (χ1) is 16.7. The molecule has 0 saturated carbocycles. The van der Waals surface area contributed by atoms with E-state index in [0.29, 0.717) is 5.56 Å². The fourth-order valence-corrected chi connectivity index (χ4v) is 4.39. The summed E-state index contributed by atoms with van der Waals surface area (Å²) in [6.45, 7) is 4.74. The van der Waals surface area contributed by atoms with Gasteiger partial charge in [-0.3, -0.25) is 9.69 Å².